The first-order valence-corrected chi connectivity index (χ1v) is 6.19. The van der Waals surface area contributed by atoms with Gasteiger partial charge in [0.25, 0.3) is 0 Å². The summed E-state index contributed by atoms with van der Waals surface area (Å²) in [5.74, 6) is 0.382. The van der Waals surface area contributed by atoms with Gasteiger partial charge in [0.15, 0.2) is 5.16 Å². The second-order valence-electron chi connectivity index (χ2n) is 3.24. The predicted molar refractivity (Wildman–Crippen MR) is 63.4 cm³/mol. The van der Waals surface area contributed by atoms with Gasteiger partial charge in [0.05, 0.1) is 7.11 Å². The fourth-order valence-electron chi connectivity index (χ4n) is 1.16. The highest BCUT2D eigenvalue weighted by atomic mass is 32.2. The summed E-state index contributed by atoms with van der Waals surface area (Å²) in [6.07, 6.45) is 4.43. The number of hydrogen-bond acceptors (Lipinski definition) is 5. The minimum atomic E-state index is -0.278. The summed E-state index contributed by atoms with van der Waals surface area (Å²) in [7, 11) is 1.40. The number of imidazole rings is 1. The van der Waals surface area contributed by atoms with Gasteiger partial charge < -0.3 is 15.0 Å². The largest absolute Gasteiger partial charge is 0.468 e. The second kappa shape index (κ2) is 7.29. The van der Waals surface area contributed by atoms with Crippen LogP contribution in [0.4, 0.5) is 0 Å². The number of rotatable bonds is 7. The van der Waals surface area contributed by atoms with Gasteiger partial charge in [-0.05, 0) is 13.0 Å². The Morgan fingerprint density at radius 2 is 2.56 bits per heavy atom. The van der Waals surface area contributed by atoms with Crippen molar-refractivity contribution >= 4 is 17.7 Å². The average molecular weight is 243 g/mol. The number of thioether (sulfide) groups is 1. The Hall–Kier alpha value is -1.01. The van der Waals surface area contributed by atoms with Gasteiger partial charge >= 0.3 is 5.97 Å². The third-order valence-electron chi connectivity index (χ3n) is 1.99. The maximum absolute atomic E-state index is 11.4. The van der Waals surface area contributed by atoms with E-state index in [9.17, 15) is 4.79 Å². The van der Waals surface area contributed by atoms with Gasteiger partial charge in [0, 0.05) is 18.1 Å². The van der Waals surface area contributed by atoms with Crippen LogP contribution in [0.1, 0.15) is 13.3 Å². The predicted octanol–water partition coefficient (Wildman–Crippen LogP) is 1.04. The molecule has 1 atom stereocenters. The van der Waals surface area contributed by atoms with Crippen molar-refractivity contribution in [1.29, 1.82) is 0 Å². The molecule has 0 aromatic carbocycles. The Kier molecular flexibility index (Phi) is 5.95. The SMILES string of the molecule is CCCNC(CSc1ncc[nH]1)C(=O)OC. The fourth-order valence-corrected chi connectivity index (χ4v) is 2.03. The van der Waals surface area contributed by atoms with Crippen LogP contribution in [0.5, 0.6) is 0 Å². The average Bonchev–Trinajstić information content (AvgIpc) is 2.81. The van der Waals surface area contributed by atoms with Crippen molar-refractivity contribution < 1.29 is 9.53 Å². The Balaban J connectivity index is 2.40. The highest BCUT2D eigenvalue weighted by Gasteiger charge is 2.18. The number of methoxy groups -OCH3 is 1. The fraction of sp³-hybridized carbons (Fsp3) is 0.600. The normalized spacial score (nSPS) is 12.4. The lowest BCUT2D eigenvalue weighted by atomic mass is 10.3. The Morgan fingerprint density at radius 1 is 1.75 bits per heavy atom. The van der Waals surface area contributed by atoms with E-state index in [0.717, 1.165) is 18.1 Å². The minimum Gasteiger partial charge on any atom is -0.468 e. The second-order valence-corrected chi connectivity index (χ2v) is 4.24. The smallest absolute Gasteiger partial charge is 0.323 e. The van der Waals surface area contributed by atoms with Gasteiger partial charge in [-0.1, -0.05) is 18.7 Å². The molecular formula is C10H17N3O2S. The summed E-state index contributed by atoms with van der Waals surface area (Å²) < 4.78 is 4.73. The first-order chi connectivity index (χ1) is 7.77. The van der Waals surface area contributed by atoms with E-state index in [2.05, 4.69) is 22.2 Å². The molecule has 90 valence electrons. The topological polar surface area (TPSA) is 67.0 Å². The number of nitrogens with one attached hydrogen (secondary N) is 2. The molecule has 0 fully saturated rings. The molecule has 0 radical (unpaired) electrons. The number of aromatic nitrogens is 2. The van der Waals surface area contributed by atoms with Crippen LogP contribution in [0.15, 0.2) is 17.6 Å². The van der Waals surface area contributed by atoms with Crippen molar-refractivity contribution in [2.75, 3.05) is 19.4 Å². The molecule has 1 unspecified atom stereocenters. The Labute approximate surface area is 99.4 Å². The number of carbonyl (C=O) groups is 1. The third kappa shape index (κ3) is 4.24. The van der Waals surface area contributed by atoms with Gasteiger partial charge in [0.2, 0.25) is 0 Å². The zero-order valence-corrected chi connectivity index (χ0v) is 10.3. The summed E-state index contributed by atoms with van der Waals surface area (Å²) in [4.78, 5) is 18.5. The summed E-state index contributed by atoms with van der Waals surface area (Å²) in [5, 5.41) is 3.96. The summed E-state index contributed by atoms with van der Waals surface area (Å²) >= 11 is 1.50. The van der Waals surface area contributed by atoms with Crippen LogP contribution in [0.3, 0.4) is 0 Å². The van der Waals surface area contributed by atoms with Gasteiger partial charge in [-0.3, -0.25) is 4.79 Å². The molecule has 0 aliphatic rings. The van der Waals surface area contributed by atoms with Gasteiger partial charge in [-0.25, -0.2) is 4.98 Å². The molecule has 0 saturated heterocycles. The lowest BCUT2D eigenvalue weighted by Gasteiger charge is -2.14. The van der Waals surface area contributed by atoms with E-state index in [1.165, 1.54) is 18.9 Å². The van der Waals surface area contributed by atoms with Crippen molar-refractivity contribution in [2.45, 2.75) is 24.5 Å². The van der Waals surface area contributed by atoms with E-state index in [0.29, 0.717) is 5.75 Å². The molecule has 0 aliphatic heterocycles. The molecule has 6 heteroatoms. The number of nitrogens with zero attached hydrogens (tertiary/aromatic N) is 1. The van der Waals surface area contributed by atoms with Crippen LogP contribution in [0, 0.1) is 0 Å². The molecule has 0 aliphatic carbocycles. The van der Waals surface area contributed by atoms with Crippen molar-refractivity contribution in [1.82, 2.24) is 15.3 Å². The quantitative estimate of drug-likeness (QED) is 0.553. The highest BCUT2D eigenvalue weighted by molar-refractivity contribution is 7.99. The standard InChI is InChI=1S/C10H17N3O2S/c1-3-4-11-8(9(14)15-2)7-16-10-12-5-6-13-10/h5-6,8,11H,3-4,7H2,1-2H3,(H,12,13). The van der Waals surface area contributed by atoms with E-state index in [-0.39, 0.29) is 12.0 Å². The Bertz CT molecular complexity index is 303. The number of H-pyrrole nitrogens is 1. The number of carbonyl (C=O) groups excluding carboxylic acids is 1. The van der Waals surface area contributed by atoms with Crippen molar-refractivity contribution in [3.63, 3.8) is 0 Å². The maximum atomic E-state index is 11.4. The molecule has 2 N–H and O–H groups in total. The number of esters is 1. The van der Waals surface area contributed by atoms with Gasteiger partial charge in [0.1, 0.15) is 6.04 Å². The highest BCUT2D eigenvalue weighted by Crippen LogP contribution is 2.13. The maximum Gasteiger partial charge on any atom is 0.323 e. The molecule has 1 rings (SSSR count). The molecule has 16 heavy (non-hydrogen) atoms. The molecule has 0 amide bonds. The number of ether oxygens (including phenoxy) is 1. The van der Waals surface area contributed by atoms with E-state index in [1.54, 1.807) is 12.4 Å². The molecule has 1 aromatic heterocycles. The number of hydrogen-bond donors (Lipinski definition) is 2. The van der Waals surface area contributed by atoms with Crippen LogP contribution >= 0.6 is 11.8 Å². The lowest BCUT2D eigenvalue weighted by molar-refractivity contribution is -0.142. The molecule has 1 aromatic rings. The van der Waals surface area contributed by atoms with Gasteiger partial charge in [-0.2, -0.15) is 0 Å². The molecule has 1 heterocycles. The van der Waals surface area contributed by atoms with Gasteiger partial charge in [-0.15, -0.1) is 0 Å². The van der Waals surface area contributed by atoms with Crippen LogP contribution in [0.2, 0.25) is 0 Å². The van der Waals surface area contributed by atoms with Crippen molar-refractivity contribution in [2.24, 2.45) is 0 Å². The molecule has 0 spiro atoms. The zero-order chi connectivity index (χ0) is 11.8. The van der Waals surface area contributed by atoms with Crippen LogP contribution < -0.4 is 5.32 Å². The van der Waals surface area contributed by atoms with E-state index >= 15 is 0 Å². The van der Waals surface area contributed by atoms with E-state index in [4.69, 9.17) is 4.74 Å². The Morgan fingerprint density at radius 3 is 3.12 bits per heavy atom. The first kappa shape index (κ1) is 13.1. The van der Waals surface area contributed by atoms with Crippen LogP contribution in [0.25, 0.3) is 0 Å². The minimum absolute atomic E-state index is 0.229. The van der Waals surface area contributed by atoms with Crippen molar-refractivity contribution in [3.8, 4) is 0 Å². The monoisotopic (exact) mass is 243 g/mol. The molecule has 0 saturated carbocycles. The third-order valence-corrected chi connectivity index (χ3v) is 2.98. The van der Waals surface area contributed by atoms with Crippen LogP contribution in [-0.4, -0.2) is 41.4 Å². The zero-order valence-electron chi connectivity index (χ0n) is 9.53. The van der Waals surface area contributed by atoms with Crippen LogP contribution in [-0.2, 0) is 9.53 Å². The number of aromatic amines is 1. The van der Waals surface area contributed by atoms with Crippen molar-refractivity contribution in [3.05, 3.63) is 12.4 Å². The molecule has 5 nitrogen and oxygen atoms in total. The van der Waals surface area contributed by atoms with E-state index in [1.807, 2.05) is 0 Å². The summed E-state index contributed by atoms with van der Waals surface area (Å²) in [5.41, 5.74) is 0. The van der Waals surface area contributed by atoms with E-state index < -0.39 is 0 Å². The summed E-state index contributed by atoms with van der Waals surface area (Å²) in [6.45, 7) is 2.86. The first-order valence-electron chi connectivity index (χ1n) is 5.21. The molecular weight excluding hydrogens is 226 g/mol. The summed E-state index contributed by atoms with van der Waals surface area (Å²) in [6, 6.07) is -0.278. The lowest BCUT2D eigenvalue weighted by Crippen LogP contribution is -2.40. The molecule has 0 bridgehead atoms.